The molecule has 2 heterocycles. The van der Waals surface area contributed by atoms with E-state index >= 15 is 0 Å². The van der Waals surface area contributed by atoms with Gasteiger partial charge in [0, 0.05) is 55.6 Å². The van der Waals surface area contributed by atoms with Crippen molar-refractivity contribution in [1.82, 2.24) is 20.2 Å². The van der Waals surface area contributed by atoms with Gasteiger partial charge in [-0.25, -0.2) is 9.97 Å². The molecular weight excluding hydrogens is 499 g/mol. The fraction of sp³-hybridized carbons (Fsp3) is 0.476. The summed E-state index contributed by atoms with van der Waals surface area (Å²) in [6.07, 6.45) is 5.98. The molecule has 4 rings (SSSR count). The number of guanidine groups is 1. The lowest BCUT2D eigenvalue weighted by Gasteiger charge is -2.36. The average molecular weight is 527 g/mol. The van der Waals surface area contributed by atoms with Crippen LogP contribution in [0, 0.1) is 0 Å². The van der Waals surface area contributed by atoms with E-state index in [1.807, 2.05) is 18.2 Å². The van der Waals surface area contributed by atoms with Crippen molar-refractivity contribution in [3.63, 3.8) is 0 Å². The average Bonchev–Trinajstić information content (AvgIpc) is 3.53. The predicted molar refractivity (Wildman–Crippen MR) is 130 cm³/mol. The zero-order valence-electron chi connectivity index (χ0n) is 16.7. The molecule has 29 heavy (non-hydrogen) atoms. The zero-order chi connectivity index (χ0) is 19.4. The Kier molecular flexibility index (Phi) is 7.56. The van der Waals surface area contributed by atoms with Crippen molar-refractivity contribution >= 4 is 47.5 Å². The molecule has 8 heteroatoms. The second-order valence-corrected chi connectivity index (χ2v) is 7.92. The minimum absolute atomic E-state index is 0. The number of anilines is 1. The fourth-order valence-corrected chi connectivity index (χ4v) is 3.84. The molecule has 0 unspecified atom stereocenters. The molecule has 6 nitrogen and oxygen atoms in total. The van der Waals surface area contributed by atoms with Gasteiger partial charge in [-0.05, 0) is 43.5 Å². The van der Waals surface area contributed by atoms with Gasteiger partial charge in [-0.3, -0.25) is 4.99 Å². The van der Waals surface area contributed by atoms with E-state index in [9.17, 15) is 0 Å². The van der Waals surface area contributed by atoms with Crippen LogP contribution in [-0.4, -0.2) is 60.1 Å². The van der Waals surface area contributed by atoms with Crippen LogP contribution in [0.2, 0.25) is 5.02 Å². The molecular formula is C21H28ClIN6. The minimum atomic E-state index is 0. The summed E-state index contributed by atoms with van der Waals surface area (Å²) in [5.41, 5.74) is 1.54. The fourth-order valence-electron chi connectivity index (χ4n) is 3.72. The maximum atomic E-state index is 6.05. The summed E-state index contributed by atoms with van der Waals surface area (Å²) in [7, 11) is 0. The molecule has 1 aromatic carbocycles. The van der Waals surface area contributed by atoms with E-state index in [0.717, 1.165) is 56.2 Å². The van der Waals surface area contributed by atoms with Gasteiger partial charge in [0.25, 0.3) is 0 Å². The first-order valence-electron chi connectivity index (χ1n) is 10.0. The molecule has 0 amide bonds. The molecule has 2 aromatic rings. The smallest absolute Gasteiger partial charge is 0.225 e. The number of piperazine rings is 1. The van der Waals surface area contributed by atoms with Crippen molar-refractivity contribution in [3.05, 3.63) is 53.3 Å². The lowest BCUT2D eigenvalue weighted by Crippen LogP contribution is -2.53. The van der Waals surface area contributed by atoms with E-state index < -0.39 is 0 Å². The standard InChI is InChI=1S/C21H27ClN6.HI/c1-2-23-19(26-16-21(8-9-21)17-4-6-18(22)7-5-17)27-12-14-28(15-13-27)20-24-10-3-11-25-20;/h3-7,10-11H,2,8-9,12-16H2,1H3,(H,23,26);1H. The maximum Gasteiger partial charge on any atom is 0.225 e. The Morgan fingerprint density at radius 3 is 2.34 bits per heavy atom. The van der Waals surface area contributed by atoms with Crippen LogP contribution in [0.4, 0.5) is 5.95 Å². The molecule has 0 atom stereocenters. The van der Waals surface area contributed by atoms with Crippen molar-refractivity contribution in [3.8, 4) is 0 Å². The molecule has 2 fully saturated rings. The Balaban J connectivity index is 0.00000240. The number of aliphatic imine (C=N–C) groups is 1. The largest absolute Gasteiger partial charge is 0.357 e. The number of hydrogen-bond donors (Lipinski definition) is 1. The minimum Gasteiger partial charge on any atom is -0.357 e. The lowest BCUT2D eigenvalue weighted by atomic mass is 9.96. The van der Waals surface area contributed by atoms with E-state index in [0.29, 0.717) is 0 Å². The van der Waals surface area contributed by atoms with Gasteiger partial charge in [0.2, 0.25) is 5.95 Å². The first-order chi connectivity index (χ1) is 13.7. The third-order valence-corrected chi connectivity index (χ3v) is 5.84. The van der Waals surface area contributed by atoms with Gasteiger partial charge in [0.1, 0.15) is 0 Å². The quantitative estimate of drug-likeness (QED) is 0.367. The third-order valence-electron chi connectivity index (χ3n) is 5.59. The first-order valence-corrected chi connectivity index (χ1v) is 10.4. The van der Waals surface area contributed by atoms with Crippen molar-refractivity contribution in [1.29, 1.82) is 0 Å². The molecule has 1 aliphatic carbocycles. The van der Waals surface area contributed by atoms with Crippen LogP contribution < -0.4 is 10.2 Å². The van der Waals surface area contributed by atoms with E-state index in [4.69, 9.17) is 16.6 Å². The Morgan fingerprint density at radius 1 is 1.10 bits per heavy atom. The van der Waals surface area contributed by atoms with Gasteiger partial charge < -0.3 is 15.1 Å². The van der Waals surface area contributed by atoms with Gasteiger partial charge in [0.15, 0.2) is 5.96 Å². The predicted octanol–water partition coefficient (Wildman–Crippen LogP) is 3.57. The van der Waals surface area contributed by atoms with Gasteiger partial charge in [-0.15, -0.1) is 24.0 Å². The molecule has 1 N–H and O–H groups in total. The number of benzene rings is 1. The normalized spacial score (nSPS) is 18.2. The van der Waals surface area contributed by atoms with E-state index in [1.165, 1.54) is 18.4 Å². The number of hydrogen-bond acceptors (Lipinski definition) is 4. The third kappa shape index (κ3) is 5.31. The molecule has 0 spiro atoms. The number of halogens is 2. The highest BCUT2D eigenvalue weighted by Crippen LogP contribution is 2.48. The molecule has 156 valence electrons. The Labute approximate surface area is 194 Å². The van der Waals surface area contributed by atoms with Gasteiger partial charge in [-0.2, -0.15) is 0 Å². The van der Waals surface area contributed by atoms with Gasteiger partial charge in [-0.1, -0.05) is 23.7 Å². The van der Waals surface area contributed by atoms with Crippen LogP contribution >= 0.6 is 35.6 Å². The number of nitrogens with one attached hydrogen (secondary N) is 1. The van der Waals surface area contributed by atoms with E-state index in [1.54, 1.807) is 12.4 Å². The van der Waals surface area contributed by atoms with Crippen LogP contribution in [-0.2, 0) is 5.41 Å². The number of rotatable bonds is 5. The molecule has 1 saturated heterocycles. The topological polar surface area (TPSA) is 56.7 Å². The summed E-state index contributed by atoms with van der Waals surface area (Å²) in [5, 5.41) is 4.26. The highest BCUT2D eigenvalue weighted by molar-refractivity contribution is 14.0. The van der Waals surface area contributed by atoms with Gasteiger partial charge >= 0.3 is 0 Å². The van der Waals surface area contributed by atoms with Crippen LogP contribution in [0.1, 0.15) is 25.3 Å². The second kappa shape index (κ2) is 9.93. The van der Waals surface area contributed by atoms with Crippen LogP contribution in [0.25, 0.3) is 0 Å². The molecule has 1 saturated carbocycles. The molecule has 0 radical (unpaired) electrons. The maximum absolute atomic E-state index is 6.05. The van der Waals surface area contributed by atoms with E-state index in [-0.39, 0.29) is 29.4 Å². The summed E-state index contributed by atoms with van der Waals surface area (Å²) < 4.78 is 0. The summed E-state index contributed by atoms with van der Waals surface area (Å²) in [6.45, 7) is 7.44. The second-order valence-electron chi connectivity index (χ2n) is 7.48. The van der Waals surface area contributed by atoms with Crippen molar-refractivity contribution < 1.29 is 0 Å². The van der Waals surface area contributed by atoms with Crippen LogP contribution in [0.5, 0.6) is 0 Å². The summed E-state index contributed by atoms with van der Waals surface area (Å²) in [5.74, 6) is 1.82. The summed E-state index contributed by atoms with van der Waals surface area (Å²) in [4.78, 5) is 18.3. The van der Waals surface area contributed by atoms with Crippen molar-refractivity contribution in [2.45, 2.75) is 25.2 Å². The first kappa shape index (κ1) is 22.1. The molecule has 2 aliphatic rings. The Morgan fingerprint density at radius 2 is 1.76 bits per heavy atom. The van der Waals surface area contributed by atoms with E-state index in [2.05, 4.69) is 44.1 Å². The molecule has 0 bridgehead atoms. The highest BCUT2D eigenvalue weighted by Gasteiger charge is 2.44. The van der Waals surface area contributed by atoms with Gasteiger partial charge in [0.05, 0.1) is 6.54 Å². The lowest BCUT2D eigenvalue weighted by molar-refractivity contribution is 0.369. The summed E-state index contributed by atoms with van der Waals surface area (Å²) in [6, 6.07) is 10.1. The Bertz CT molecular complexity index is 802. The van der Waals surface area contributed by atoms with Crippen LogP contribution in [0.3, 0.4) is 0 Å². The SMILES string of the molecule is CCNC(=NCC1(c2ccc(Cl)cc2)CC1)N1CCN(c2ncccn2)CC1.I. The van der Waals surface area contributed by atoms with Crippen molar-refractivity contribution in [2.24, 2.45) is 4.99 Å². The number of aromatic nitrogens is 2. The number of nitrogens with zero attached hydrogens (tertiary/aromatic N) is 5. The monoisotopic (exact) mass is 526 g/mol. The Hall–Kier alpha value is -1.61. The molecule has 1 aromatic heterocycles. The summed E-state index contributed by atoms with van der Waals surface area (Å²) >= 11 is 6.05. The van der Waals surface area contributed by atoms with Crippen LogP contribution in [0.15, 0.2) is 47.7 Å². The zero-order valence-corrected chi connectivity index (χ0v) is 19.8. The molecule has 1 aliphatic heterocycles. The highest BCUT2D eigenvalue weighted by atomic mass is 127. The van der Waals surface area contributed by atoms with Crippen molar-refractivity contribution in [2.75, 3.05) is 44.2 Å².